The van der Waals surface area contributed by atoms with Gasteiger partial charge in [-0.15, -0.1) is 0 Å². The van der Waals surface area contributed by atoms with E-state index in [1.54, 1.807) is 18.2 Å². The van der Waals surface area contributed by atoms with Gasteiger partial charge >= 0.3 is 0 Å². The summed E-state index contributed by atoms with van der Waals surface area (Å²) in [6, 6.07) is 8.94. The smallest absolute Gasteiger partial charge is 0.147 e. The Morgan fingerprint density at radius 2 is 1.74 bits per heavy atom. The van der Waals surface area contributed by atoms with Crippen LogP contribution >= 0.6 is 31.9 Å². The lowest BCUT2D eigenvalue weighted by Gasteiger charge is -2.10. The number of rotatable bonds is 2. The second-order valence-corrected chi connectivity index (χ2v) is 5.44. The molecule has 2 rings (SSSR count). The zero-order valence-electron chi connectivity index (χ0n) is 9.35. The van der Waals surface area contributed by atoms with Crippen LogP contribution in [-0.2, 0) is 0 Å². The fourth-order valence-electron chi connectivity index (χ4n) is 1.48. The first-order valence-electron chi connectivity index (χ1n) is 5.12. The van der Waals surface area contributed by atoms with Crippen molar-refractivity contribution in [2.24, 2.45) is 0 Å². The first-order valence-corrected chi connectivity index (χ1v) is 6.71. The van der Waals surface area contributed by atoms with E-state index >= 15 is 0 Å². The minimum atomic E-state index is -0.614. The van der Waals surface area contributed by atoms with E-state index in [4.69, 9.17) is 5.26 Å². The largest absolute Gasteiger partial charge is 0.352 e. The van der Waals surface area contributed by atoms with Crippen LogP contribution in [0, 0.1) is 23.0 Å². The van der Waals surface area contributed by atoms with Crippen LogP contribution in [0.25, 0.3) is 0 Å². The van der Waals surface area contributed by atoms with E-state index in [-0.39, 0.29) is 10.2 Å². The fourth-order valence-corrected chi connectivity index (χ4v) is 2.16. The van der Waals surface area contributed by atoms with Gasteiger partial charge in [0.15, 0.2) is 0 Å². The van der Waals surface area contributed by atoms with Gasteiger partial charge in [-0.3, -0.25) is 0 Å². The van der Waals surface area contributed by atoms with E-state index in [2.05, 4.69) is 37.2 Å². The molecule has 0 aliphatic rings. The van der Waals surface area contributed by atoms with Crippen LogP contribution in [0.2, 0.25) is 0 Å². The summed E-state index contributed by atoms with van der Waals surface area (Å²) in [5, 5.41) is 11.7. The van der Waals surface area contributed by atoms with Gasteiger partial charge in [0.25, 0.3) is 0 Å². The molecular formula is C13H6Br2F2N2. The maximum atomic E-state index is 13.7. The second-order valence-electron chi connectivity index (χ2n) is 3.67. The molecule has 1 N–H and O–H groups in total. The molecule has 2 aromatic rings. The van der Waals surface area contributed by atoms with Crippen molar-refractivity contribution in [3.63, 3.8) is 0 Å². The molecule has 2 nitrogen and oxygen atoms in total. The molecule has 0 atom stereocenters. The maximum absolute atomic E-state index is 13.7. The quantitative estimate of drug-likeness (QED) is 0.727. The van der Waals surface area contributed by atoms with Crippen LogP contribution in [0.15, 0.2) is 39.3 Å². The summed E-state index contributed by atoms with van der Waals surface area (Å²) in [5.41, 5.74) is 0.707. The van der Waals surface area contributed by atoms with Crippen LogP contribution in [0.5, 0.6) is 0 Å². The third kappa shape index (κ3) is 3.11. The minimum Gasteiger partial charge on any atom is -0.352 e. The highest BCUT2D eigenvalue weighted by molar-refractivity contribution is 9.10. The van der Waals surface area contributed by atoms with Gasteiger partial charge in [-0.1, -0.05) is 15.9 Å². The van der Waals surface area contributed by atoms with E-state index in [0.717, 1.165) is 16.6 Å². The molecule has 0 bridgehead atoms. The van der Waals surface area contributed by atoms with Gasteiger partial charge in [0.1, 0.15) is 17.7 Å². The predicted octanol–water partition coefficient (Wildman–Crippen LogP) is 5.11. The van der Waals surface area contributed by atoms with E-state index in [1.165, 1.54) is 0 Å². The third-order valence-corrected chi connectivity index (χ3v) is 3.48. The molecule has 0 saturated heterocycles. The SMILES string of the molecule is N#Cc1ccc(Br)cc1Nc1cc(F)c(Br)cc1F. The Hall–Kier alpha value is -1.45. The van der Waals surface area contributed by atoms with E-state index in [9.17, 15) is 8.78 Å². The molecule has 0 saturated carbocycles. The zero-order valence-corrected chi connectivity index (χ0v) is 12.5. The van der Waals surface area contributed by atoms with Crippen molar-refractivity contribution in [2.75, 3.05) is 5.32 Å². The van der Waals surface area contributed by atoms with Crippen LogP contribution in [-0.4, -0.2) is 0 Å². The van der Waals surface area contributed by atoms with Crippen molar-refractivity contribution in [2.45, 2.75) is 0 Å². The fraction of sp³-hybridized carbons (Fsp3) is 0. The van der Waals surface area contributed by atoms with Crippen LogP contribution in [0.1, 0.15) is 5.56 Å². The molecule has 0 amide bonds. The molecule has 0 unspecified atom stereocenters. The lowest BCUT2D eigenvalue weighted by Crippen LogP contribution is -1.98. The van der Waals surface area contributed by atoms with Gasteiger partial charge in [0, 0.05) is 10.5 Å². The monoisotopic (exact) mass is 386 g/mol. The summed E-state index contributed by atoms with van der Waals surface area (Å²) in [6.45, 7) is 0. The first kappa shape index (κ1) is 14.0. The number of hydrogen-bond donors (Lipinski definition) is 1. The number of benzene rings is 2. The number of nitriles is 1. The van der Waals surface area contributed by atoms with Crippen molar-refractivity contribution in [3.8, 4) is 6.07 Å². The Labute approximate surface area is 125 Å². The summed E-state index contributed by atoms with van der Waals surface area (Å²) >= 11 is 6.16. The molecule has 0 spiro atoms. The highest BCUT2D eigenvalue weighted by atomic mass is 79.9. The Balaban J connectivity index is 2.45. The van der Waals surface area contributed by atoms with Gasteiger partial charge in [0.05, 0.1) is 21.4 Å². The predicted molar refractivity (Wildman–Crippen MR) is 76.2 cm³/mol. The summed E-state index contributed by atoms with van der Waals surface area (Å²) in [4.78, 5) is 0. The van der Waals surface area contributed by atoms with Crippen molar-refractivity contribution < 1.29 is 8.78 Å². The highest BCUT2D eigenvalue weighted by Gasteiger charge is 2.10. The lowest BCUT2D eigenvalue weighted by atomic mass is 10.2. The van der Waals surface area contributed by atoms with Crippen LogP contribution < -0.4 is 5.32 Å². The summed E-state index contributed by atoms with van der Waals surface area (Å²) < 4.78 is 27.9. The van der Waals surface area contributed by atoms with Gasteiger partial charge in [-0.05, 0) is 40.2 Å². The summed E-state index contributed by atoms with van der Waals surface area (Å²) in [5.74, 6) is -1.20. The van der Waals surface area contributed by atoms with E-state index in [1.807, 2.05) is 6.07 Å². The summed E-state index contributed by atoms with van der Waals surface area (Å²) in [6.07, 6.45) is 0. The highest BCUT2D eigenvalue weighted by Crippen LogP contribution is 2.29. The molecule has 0 aliphatic heterocycles. The lowest BCUT2D eigenvalue weighted by molar-refractivity contribution is 0.598. The van der Waals surface area contributed by atoms with Gasteiger partial charge in [-0.25, -0.2) is 8.78 Å². The number of nitrogens with zero attached hydrogens (tertiary/aromatic N) is 1. The Kier molecular flexibility index (Phi) is 4.17. The number of anilines is 2. The molecule has 96 valence electrons. The van der Waals surface area contributed by atoms with Crippen LogP contribution in [0.3, 0.4) is 0 Å². The number of halogens is 4. The standard InChI is InChI=1S/C13H6Br2F2N2/c14-8-2-1-7(6-18)12(3-8)19-13-5-10(16)9(15)4-11(13)17/h1-5,19H. The van der Waals surface area contributed by atoms with Gasteiger partial charge in [0.2, 0.25) is 0 Å². The van der Waals surface area contributed by atoms with Gasteiger partial charge in [-0.2, -0.15) is 5.26 Å². The van der Waals surface area contributed by atoms with Crippen LogP contribution in [0.4, 0.5) is 20.2 Å². The Morgan fingerprint density at radius 3 is 2.42 bits per heavy atom. The normalized spacial score (nSPS) is 10.1. The average molecular weight is 388 g/mol. The molecule has 0 aromatic heterocycles. The minimum absolute atomic E-state index is 0.0321. The Bertz CT molecular complexity index is 681. The molecule has 2 aromatic carbocycles. The molecule has 6 heteroatoms. The van der Waals surface area contributed by atoms with Crippen molar-refractivity contribution in [1.29, 1.82) is 5.26 Å². The molecule has 0 radical (unpaired) electrons. The molecule has 0 aliphatic carbocycles. The van der Waals surface area contributed by atoms with E-state index < -0.39 is 11.6 Å². The number of hydrogen-bond acceptors (Lipinski definition) is 2. The Morgan fingerprint density at radius 1 is 1.00 bits per heavy atom. The van der Waals surface area contributed by atoms with Crippen molar-refractivity contribution in [3.05, 3.63) is 56.5 Å². The second kappa shape index (κ2) is 5.68. The van der Waals surface area contributed by atoms with Crippen molar-refractivity contribution >= 4 is 43.2 Å². The molecule has 0 fully saturated rings. The van der Waals surface area contributed by atoms with E-state index in [0.29, 0.717) is 11.3 Å². The van der Waals surface area contributed by atoms with Crippen molar-refractivity contribution in [1.82, 2.24) is 0 Å². The summed E-state index contributed by atoms with van der Waals surface area (Å²) in [7, 11) is 0. The average Bonchev–Trinajstić information content (AvgIpc) is 2.36. The maximum Gasteiger partial charge on any atom is 0.147 e. The van der Waals surface area contributed by atoms with Gasteiger partial charge < -0.3 is 5.32 Å². The molecule has 19 heavy (non-hydrogen) atoms. The third-order valence-electron chi connectivity index (χ3n) is 2.38. The molecule has 0 heterocycles. The molecular weight excluding hydrogens is 382 g/mol. The number of nitrogens with one attached hydrogen (secondary N) is 1. The first-order chi connectivity index (χ1) is 9.01. The topological polar surface area (TPSA) is 35.8 Å². The zero-order chi connectivity index (χ0) is 14.0.